The minimum Gasteiger partial charge on any atom is -0.474 e. The van der Waals surface area contributed by atoms with Crippen LogP contribution in [0.3, 0.4) is 0 Å². The van der Waals surface area contributed by atoms with Crippen molar-refractivity contribution in [3.05, 3.63) is 67.8 Å². The summed E-state index contributed by atoms with van der Waals surface area (Å²) in [6.07, 6.45) is 0. The first-order valence-corrected chi connectivity index (χ1v) is 16.4. The molecule has 2 nitrogen and oxygen atoms in total. The number of ether oxygens (including phenoxy) is 2. The third kappa shape index (κ3) is 3.25. The first-order valence-electron chi connectivity index (χ1n) is 14.3. The van der Waals surface area contributed by atoms with E-state index in [4.69, 9.17) is 9.47 Å². The van der Waals surface area contributed by atoms with E-state index in [1.807, 2.05) is 23.5 Å². The standard InChI is InChI=1S/C35H38O2S2/c1-14(2)24-18(7)20(9)28-30-22(24)11-16(5)26-27-17(6)12-23-25(15(3)4)19(8)21(10)29-31(23)33(27)37-35(29)39-13-38-34(28)36-32(26)30/h11-12,14-15,34-35H,13H2,1-10H3. The van der Waals surface area contributed by atoms with Crippen LogP contribution in [0.5, 0.6) is 11.5 Å². The van der Waals surface area contributed by atoms with Gasteiger partial charge in [-0.2, -0.15) is 0 Å². The normalized spacial score (nSPS) is 19.1. The molecule has 2 unspecified atom stereocenters. The average Bonchev–Trinajstić information content (AvgIpc) is 3.41. The van der Waals surface area contributed by atoms with E-state index in [1.54, 1.807) is 0 Å². The Kier molecular flexibility index (Phi) is 5.66. The molecule has 0 saturated carbocycles. The van der Waals surface area contributed by atoms with Gasteiger partial charge in [-0.15, -0.1) is 23.5 Å². The maximum absolute atomic E-state index is 7.02. The Morgan fingerprint density at radius 3 is 1.36 bits per heavy atom. The summed E-state index contributed by atoms with van der Waals surface area (Å²) < 4.78 is 14.0. The Bertz CT molecular complexity index is 1630. The van der Waals surface area contributed by atoms with Gasteiger partial charge in [0.2, 0.25) is 0 Å². The van der Waals surface area contributed by atoms with Crippen LogP contribution in [0.15, 0.2) is 12.1 Å². The van der Waals surface area contributed by atoms with E-state index in [0.29, 0.717) is 11.8 Å². The molecule has 7 rings (SSSR count). The summed E-state index contributed by atoms with van der Waals surface area (Å²) in [4.78, 5) is 0. The van der Waals surface area contributed by atoms with Crippen LogP contribution in [0.25, 0.3) is 32.7 Å². The summed E-state index contributed by atoms with van der Waals surface area (Å²) in [5, 5.41) is 6.31. The molecule has 4 aromatic carbocycles. The van der Waals surface area contributed by atoms with Crippen LogP contribution >= 0.6 is 23.5 Å². The molecule has 3 aliphatic rings. The fraction of sp³-hybridized carbons (Fsp3) is 0.429. The molecule has 0 amide bonds. The Hall–Kier alpha value is -2.30. The van der Waals surface area contributed by atoms with Gasteiger partial charge in [0, 0.05) is 38.1 Å². The summed E-state index contributed by atoms with van der Waals surface area (Å²) in [5.41, 5.74) is 16.3. The van der Waals surface area contributed by atoms with Gasteiger partial charge in [-0.3, -0.25) is 0 Å². The van der Waals surface area contributed by atoms with Crippen molar-refractivity contribution in [2.24, 2.45) is 0 Å². The number of benzene rings is 4. The van der Waals surface area contributed by atoms with Crippen molar-refractivity contribution in [1.29, 1.82) is 0 Å². The van der Waals surface area contributed by atoms with Crippen LogP contribution in [-0.4, -0.2) is 5.08 Å². The maximum atomic E-state index is 7.02. The van der Waals surface area contributed by atoms with E-state index < -0.39 is 0 Å². The third-order valence-electron chi connectivity index (χ3n) is 9.58. The summed E-state index contributed by atoms with van der Waals surface area (Å²) in [7, 11) is 0. The minimum atomic E-state index is 0.00625. The lowest BCUT2D eigenvalue weighted by Crippen LogP contribution is -2.05. The number of rotatable bonds is 2. The van der Waals surface area contributed by atoms with Crippen LogP contribution < -0.4 is 9.47 Å². The molecule has 4 bridgehead atoms. The smallest absolute Gasteiger partial charge is 0.171 e. The lowest BCUT2D eigenvalue weighted by Gasteiger charge is -2.22. The number of fused-ring (bicyclic) bond motifs is 5. The summed E-state index contributed by atoms with van der Waals surface area (Å²) in [6, 6.07) is 4.89. The third-order valence-corrected chi connectivity index (χ3v) is 11.9. The molecule has 0 radical (unpaired) electrons. The Morgan fingerprint density at radius 1 is 0.615 bits per heavy atom. The fourth-order valence-corrected chi connectivity index (χ4v) is 10.3. The van der Waals surface area contributed by atoms with Gasteiger partial charge in [0.15, 0.2) is 10.9 Å². The van der Waals surface area contributed by atoms with Crippen molar-refractivity contribution in [1.82, 2.24) is 0 Å². The van der Waals surface area contributed by atoms with Gasteiger partial charge in [-0.25, -0.2) is 0 Å². The molecule has 39 heavy (non-hydrogen) atoms. The molecule has 4 aromatic rings. The molecule has 0 fully saturated rings. The van der Waals surface area contributed by atoms with E-state index >= 15 is 0 Å². The van der Waals surface area contributed by atoms with E-state index in [9.17, 15) is 0 Å². The van der Waals surface area contributed by atoms with Gasteiger partial charge in [-0.1, -0.05) is 39.8 Å². The van der Waals surface area contributed by atoms with Crippen molar-refractivity contribution in [2.75, 3.05) is 5.08 Å². The van der Waals surface area contributed by atoms with Gasteiger partial charge in [0.05, 0.1) is 0 Å². The van der Waals surface area contributed by atoms with Crippen molar-refractivity contribution in [3.8, 4) is 22.6 Å². The summed E-state index contributed by atoms with van der Waals surface area (Å²) in [6.45, 7) is 23.1. The molecule has 0 aromatic heterocycles. The summed E-state index contributed by atoms with van der Waals surface area (Å²) in [5.74, 6) is 3.03. The quantitative estimate of drug-likeness (QED) is 0.245. The highest BCUT2D eigenvalue weighted by atomic mass is 32.2. The first-order chi connectivity index (χ1) is 18.5. The molecule has 0 spiro atoms. The zero-order chi connectivity index (χ0) is 27.7. The summed E-state index contributed by atoms with van der Waals surface area (Å²) >= 11 is 3.83. The second kappa shape index (κ2) is 8.60. The monoisotopic (exact) mass is 554 g/mol. The van der Waals surface area contributed by atoms with Gasteiger partial charge in [0.25, 0.3) is 0 Å². The Morgan fingerprint density at radius 2 is 1.00 bits per heavy atom. The second-order valence-electron chi connectivity index (χ2n) is 12.5. The van der Waals surface area contributed by atoms with E-state index in [1.165, 1.54) is 88.3 Å². The zero-order valence-corrected chi connectivity index (χ0v) is 26.4. The average molecular weight is 555 g/mol. The molecule has 2 atom stereocenters. The van der Waals surface area contributed by atoms with Crippen LogP contribution in [0, 0.1) is 41.5 Å². The molecule has 202 valence electrons. The number of hydrogen-bond acceptors (Lipinski definition) is 4. The van der Waals surface area contributed by atoms with Gasteiger partial charge in [0.1, 0.15) is 11.5 Å². The second-order valence-corrected chi connectivity index (χ2v) is 14.9. The lowest BCUT2D eigenvalue weighted by atomic mass is 9.81. The molecule has 0 aliphatic carbocycles. The predicted molar refractivity (Wildman–Crippen MR) is 170 cm³/mol. The number of thioether (sulfide) groups is 2. The molecule has 3 heterocycles. The number of aryl methyl sites for hydroxylation is 2. The molecule has 4 heteroatoms. The molecule has 0 N–H and O–H groups in total. The molecule has 3 aliphatic heterocycles. The van der Waals surface area contributed by atoms with E-state index in [2.05, 4.69) is 81.4 Å². The van der Waals surface area contributed by atoms with Crippen molar-refractivity contribution >= 4 is 45.1 Å². The van der Waals surface area contributed by atoms with Crippen molar-refractivity contribution in [2.45, 2.75) is 91.9 Å². The highest BCUT2D eigenvalue weighted by Gasteiger charge is 2.40. The van der Waals surface area contributed by atoms with Crippen molar-refractivity contribution in [3.63, 3.8) is 0 Å². The van der Waals surface area contributed by atoms with Crippen LogP contribution in [-0.2, 0) is 0 Å². The largest absolute Gasteiger partial charge is 0.474 e. The topological polar surface area (TPSA) is 18.5 Å². The molecular weight excluding hydrogens is 517 g/mol. The minimum absolute atomic E-state index is 0.00625. The van der Waals surface area contributed by atoms with Crippen LogP contribution in [0.2, 0.25) is 0 Å². The number of hydrogen-bond donors (Lipinski definition) is 0. The van der Waals surface area contributed by atoms with Crippen molar-refractivity contribution < 1.29 is 9.47 Å². The predicted octanol–water partition coefficient (Wildman–Crippen LogP) is 11.0. The van der Waals surface area contributed by atoms with E-state index in [-0.39, 0.29) is 10.9 Å². The van der Waals surface area contributed by atoms with Crippen LogP contribution in [0.1, 0.15) is 106 Å². The van der Waals surface area contributed by atoms with Crippen LogP contribution in [0.4, 0.5) is 0 Å². The van der Waals surface area contributed by atoms with Gasteiger partial charge in [-0.05, 0) is 109 Å². The molecule has 0 saturated heterocycles. The van der Waals surface area contributed by atoms with Gasteiger partial charge < -0.3 is 9.47 Å². The maximum Gasteiger partial charge on any atom is 0.171 e. The zero-order valence-electron chi connectivity index (χ0n) is 24.8. The van der Waals surface area contributed by atoms with Gasteiger partial charge >= 0.3 is 0 Å². The lowest BCUT2D eigenvalue weighted by molar-refractivity contribution is 0.314. The molecular formula is C35H38O2S2. The SMILES string of the molecule is Cc1cc2c(C(C)C)c(C)c(C)c3c2c2c1-c1c(C)cc4c(C(C)C)c(C)c(C)c5c4c1OC5SCSC3O2. The Labute approximate surface area is 241 Å². The first kappa shape index (κ1) is 25.7. The highest BCUT2D eigenvalue weighted by Crippen LogP contribution is 2.61. The highest BCUT2D eigenvalue weighted by molar-refractivity contribution is 8.16. The fourth-order valence-electron chi connectivity index (χ4n) is 7.79. The Balaban J connectivity index is 1.68. The van der Waals surface area contributed by atoms with E-state index in [0.717, 1.165) is 16.6 Å².